The highest BCUT2D eigenvalue weighted by Gasteiger charge is 2.55. The van der Waals surface area contributed by atoms with E-state index in [4.69, 9.17) is 0 Å². The van der Waals surface area contributed by atoms with Gasteiger partial charge in [0.05, 0.1) is 16.4 Å². The van der Waals surface area contributed by atoms with Gasteiger partial charge in [0, 0.05) is 12.1 Å². The number of non-ortho nitro benzene ring substituents is 1. The van der Waals surface area contributed by atoms with Gasteiger partial charge < -0.3 is 0 Å². The van der Waals surface area contributed by atoms with Gasteiger partial charge in [-0.3, -0.25) is 10.1 Å². The van der Waals surface area contributed by atoms with Gasteiger partial charge in [-0.1, -0.05) is 37.8 Å². The molecule has 0 amide bonds. The number of hydrogen-bond donors (Lipinski definition) is 0. The summed E-state index contributed by atoms with van der Waals surface area (Å²) in [7, 11) is 0. The lowest BCUT2D eigenvalue weighted by Crippen LogP contribution is -2.48. The molecule has 2 aliphatic rings. The van der Waals surface area contributed by atoms with Crippen molar-refractivity contribution >= 4 is 5.69 Å². The third-order valence-corrected chi connectivity index (χ3v) is 5.34. The molecule has 1 spiro atoms. The Morgan fingerprint density at radius 3 is 2.38 bits per heavy atom. The molecular weight excluding hydrogens is 264 g/mol. The van der Waals surface area contributed by atoms with Crippen LogP contribution in [-0.4, -0.2) is 4.92 Å². The van der Waals surface area contributed by atoms with Crippen LogP contribution in [0.25, 0.3) is 0 Å². The van der Waals surface area contributed by atoms with E-state index in [1.54, 1.807) is 12.1 Å². The fourth-order valence-corrected chi connectivity index (χ4v) is 4.33. The lowest BCUT2D eigenvalue weighted by Gasteiger charge is -2.53. The van der Waals surface area contributed by atoms with Crippen LogP contribution in [0.3, 0.4) is 0 Å². The molecule has 0 aromatic heterocycles. The number of nitrogens with zero attached hydrogens (tertiary/aromatic N) is 2. The zero-order valence-corrected chi connectivity index (χ0v) is 12.2. The molecule has 4 nitrogen and oxygen atoms in total. The van der Waals surface area contributed by atoms with E-state index < -0.39 is 5.41 Å². The normalized spacial score (nSPS) is 22.8. The molecule has 2 fully saturated rings. The van der Waals surface area contributed by atoms with Crippen LogP contribution in [-0.2, 0) is 5.41 Å². The van der Waals surface area contributed by atoms with Crippen LogP contribution >= 0.6 is 0 Å². The van der Waals surface area contributed by atoms with Crippen LogP contribution < -0.4 is 0 Å². The average Bonchev–Trinajstić information content (AvgIpc) is 2.71. The Bertz CT molecular complexity index is 587. The largest absolute Gasteiger partial charge is 0.269 e. The lowest BCUT2D eigenvalue weighted by molar-refractivity contribution is -0.385. The summed E-state index contributed by atoms with van der Waals surface area (Å²) in [5, 5.41) is 20.6. The molecule has 4 heteroatoms. The molecule has 0 bridgehead atoms. The number of hydrogen-bond acceptors (Lipinski definition) is 3. The molecule has 0 aliphatic heterocycles. The fourth-order valence-electron chi connectivity index (χ4n) is 4.33. The van der Waals surface area contributed by atoms with E-state index in [2.05, 4.69) is 6.07 Å². The number of nitro benzene ring substituents is 1. The quantitative estimate of drug-likeness (QED) is 0.593. The zero-order chi connectivity index (χ0) is 14.9. The second-order valence-corrected chi connectivity index (χ2v) is 6.77. The Morgan fingerprint density at radius 2 is 1.81 bits per heavy atom. The minimum absolute atomic E-state index is 0.0870. The number of nitriles is 1. The third-order valence-electron chi connectivity index (χ3n) is 5.34. The predicted octanol–water partition coefficient (Wildman–Crippen LogP) is 4.49. The van der Waals surface area contributed by atoms with Gasteiger partial charge in [-0.05, 0) is 36.7 Å². The summed E-state index contributed by atoms with van der Waals surface area (Å²) in [5.74, 6) is 0. The fraction of sp³-hybridized carbons (Fsp3) is 0.588. The van der Waals surface area contributed by atoms with Gasteiger partial charge in [0.15, 0.2) is 0 Å². The van der Waals surface area contributed by atoms with Crippen LogP contribution in [0, 0.1) is 26.9 Å². The number of rotatable bonds is 2. The van der Waals surface area contributed by atoms with Crippen LogP contribution in [0.1, 0.15) is 56.9 Å². The molecule has 1 aromatic carbocycles. The van der Waals surface area contributed by atoms with Gasteiger partial charge in [-0.2, -0.15) is 5.26 Å². The van der Waals surface area contributed by atoms with Crippen LogP contribution in [0.15, 0.2) is 24.3 Å². The van der Waals surface area contributed by atoms with Crippen molar-refractivity contribution in [1.29, 1.82) is 5.26 Å². The summed E-state index contributed by atoms with van der Waals surface area (Å²) in [6.07, 6.45) is 9.30. The molecule has 3 rings (SSSR count). The summed E-state index contributed by atoms with van der Waals surface area (Å²) in [5.41, 5.74) is 0.728. The smallest absolute Gasteiger partial charge is 0.258 e. The van der Waals surface area contributed by atoms with Crippen molar-refractivity contribution in [2.45, 2.75) is 56.8 Å². The van der Waals surface area contributed by atoms with Crippen molar-refractivity contribution in [3.63, 3.8) is 0 Å². The van der Waals surface area contributed by atoms with E-state index in [1.165, 1.54) is 44.6 Å². The van der Waals surface area contributed by atoms with E-state index in [0.717, 1.165) is 18.4 Å². The van der Waals surface area contributed by atoms with Crippen LogP contribution in [0.5, 0.6) is 0 Å². The summed E-state index contributed by atoms with van der Waals surface area (Å²) in [4.78, 5) is 10.6. The first-order valence-corrected chi connectivity index (χ1v) is 7.76. The van der Waals surface area contributed by atoms with Crippen molar-refractivity contribution in [3.8, 4) is 6.07 Å². The van der Waals surface area contributed by atoms with Crippen molar-refractivity contribution in [3.05, 3.63) is 39.9 Å². The highest BCUT2D eigenvalue weighted by atomic mass is 16.6. The van der Waals surface area contributed by atoms with Gasteiger partial charge in [-0.15, -0.1) is 0 Å². The van der Waals surface area contributed by atoms with Gasteiger partial charge in [0.1, 0.15) is 0 Å². The van der Waals surface area contributed by atoms with E-state index in [0.29, 0.717) is 5.41 Å². The zero-order valence-electron chi connectivity index (χ0n) is 12.2. The van der Waals surface area contributed by atoms with E-state index in [9.17, 15) is 15.4 Å². The van der Waals surface area contributed by atoms with E-state index in [-0.39, 0.29) is 10.6 Å². The molecule has 0 unspecified atom stereocenters. The van der Waals surface area contributed by atoms with Crippen molar-refractivity contribution in [2.75, 3.05) is 0 Å². The standard InChI is InChI=1S/C17H20N2O2/c18-13-17(14-6-5-7-15(10-14)19(20)21)11-16(12-17)8-3-1-2-4-9-16/h5-7,10H,1-4,8-9,11-12H2. The molecule has 2 saturated carbocycles. The number of benzene rings is 1. The summed E-state index contributed by atoms with van der Waals surface area (Å²) in [6.45, 7) is 0. The molecule has 0 N–H and O–H groups in total. The van der Waals surface area contributed by atoms with Crippen LogP contribution in [0.2, 0.25) is 0 Å². The first-order valence-electron chi connectivity index (χ1n) is 7.76. The summed E-state index contributed by atoms with van der Waals surface area (Å²) < 4.78 is 0. The molecule has 0 heterocycles. The van der Waals surface area contributed by atoms with Gasteiger partial charge in [0.25, 0.3) is 5.69 Å². The second-order valence-electron chi connectivity index (χ2n) is 6.77. The first-order chi connectivity index (χ1) is 10.1. The Morgan fingerprint density at radius 1 is 1.14 bits per heavy atom. The maximum absolute atomic E-state index is 10.9. The van der Waals surface area contributed by atoms with Gasteiger partial charge in [-0.25, -0.2) is 0 Å². The number of nitro groups is 1. The third kappa shape index (κ3) is 2.42. The molecule has 0 atom stereocenters. The first kappa shape index (κ1) is 14.1. The van der Waals surface area contributed by atoms with Crippen LogP contribution in [0.4, 0.5) is 5.69 Å². The lowest BCUT2D eigenvalue weighted by atomic mass is 9.48. The summed E-state index contributed by atoms with van der Waals surface area (Å²) in [6, 6.07) is 9.13. The van der Waals surface area contributed by atoms with Crippen molar-refractivity contribution < 1.29 is 4.92 Å². The predicted molar refractivity (Wildman–Crippen MR) is 79.8 cm³/mol. The highest BCUT2D eigenvalue weighted by molar-refractivity contribution is 5.44. The Kier molecular flexibility index (Phi) is 3.44. The monoisotopic (exact) mass is 284 g/mol. The summed E-state index contributed by atoms with van der Waals surface area (Å²) >= 11 is 0. The highest BCUT2D eigenvalue weighted by Crippen LogP contribution is 2.61. The molecule has 0 saturated heterocycles. The maximum Gasteiger partial charge on any atom is 0.269 e. The molecule has 0 radical (unpaired) electrons. The van der Waals surface area contributed by atoms with Gasteiger partial charge in [0.2, 0.25) is 0 Å². The molecule has 2 aliphatic carbocycles. The molecular formula is C17H20N2O2. The minimum Gasteiger partial charge on any atom is -0.258 e. The molecule has 110 valence electrons. The molecule has 21 heavy (non-hydrogen) atoms. The van der Waals surface area contributed by atoms with Gasteiger partial charge >= 0.3 is 0 Å². The Labute approximate surface area is 124 Å². The average molecular weight is 284 g/mol. The minimum atomic E-state index is -0.504. The van der Waals surface area contributed by atoms with E-state index in [1.807, 2.05) is 6.07 Å². The SMILES string of the molecule is N#CC1(c2cccc([N+](=O)[O-])c2)CC2(CCCCCC2)C1. The van der Waals surface area contributed by atoms with Crippen molar-refractivity contribution in [2.24, 2.45) is 5.41 Å². The Hall–Kier alpha value is -1.89. The van der Waals surface area contributed by atoms with Crippen molar-refractivity contribution in [1.82, 2.24) is 0 Å². The molecule has 1 aromatic rings. The second kappa shape index (κ2) is 5.14. The van der Waals surface area contributed by atoms with E-state index >= 15 is 0 Å². The Balaban J connectivity index is 1.85. The topological polar surface area (TPSA) is 66.9 Å². The maximum atomic E-state index is 10.9.